The molecule has 0 radical (unpaired) electrons. The summed E-state index contributed by atoms with van der Waals surface area (Å²) >= 11 is 2.07. The molecule has 0 aromatic carbocycles. The second kappa shape index (κ2) is 6.46. The molecule has 0 atom stereocenters. The molecule has 1 fully saturated rings. The molecule has 0 spiro atoms. The first-order chi connectivity index (χ1) is 6.29. The molecular weight excluding hydrogens is 180 g/mol. The number of hydrogen-bond acceptors (Lipinski definition) is 3. The van der Waals surface area contributed by atoms with E-state index in [0.717, 1.165) is 13.1 Å². The van der Waals surface area contributed by atoms with Crippen molar-refractivity contribution < 1.29 is 0 Å². The van der Waals surface area contributed by atoms with Crippen molar-refractivity contribution in [3.05, 3.63) is 12.2 Å². The summed E-state index contributed by atoms with van der Waals surface area (Å²) in [6, 6.07) is 0. The molecule has 0 saturated carbocycles. The van der Waals surface area contributed by atoms with Crippen molar-refractivity contribution in [3.8, 4) is 0 Å². The van der Waals surface area contributed by atoms with Crippen molar-refractivity contribution in [1.82, 2.24) is 10.2 Å². The highest BCUT2D eigenvalue weighted by molar-refractivity contribution is 7.99. The van der Waals surface area contributed by atoms with Crippen molar-refractivity contribution in [3.63, 3.8) is 0 Å². The van der Waals surface area contributed by atoms with E-state index in [1.54, 1.807) is 0 Å². The molecule has 0 unspecified atom stereocenters. The summed E-state index contributed by atoms with van der Waals surface area (Å²) < 4.78 is 0. The van der Waals surface area contributed by atoms with Gasteiger partial charge in [-0.1, -0.05) is 12.2 Å². The summed E-state index contributed by atoms with van der Waals surface area (Å²) in [6.07, 6.45) is 0. The molecule has 0 amide bonds. The highest BCUT2D eigenvalue weighted by atomic mass is 32.2. The van der Waals surface area contributed by atoms with Crippen LogP contribution in [0.15, 0.2) is 12.2 Å². The van der Waals surface area contributed by atoms with E-state index in [2.05, 4.69) is 35.5 Å². The fourth-order valence-electron chi connectivity index (χ4n) is 1.36. The lowest BCUT2D eigenvalue weighted by Gasteiger charge is -2.26. The lowest BCUT2D eigenvalue weighted by Crippen LogP contribution is -2.38. The van der Waals surface area contributed by atoms with Crippen LogP contribution in [0.5, 0.6) is 0 Å². The van der Waals surface area contributed by atoms with Crippen molar-refractivity contribution in [1.29, 1.82) is 0 Å². The van der Waals surface area contributed by atoms with E-state index in [-0.39, 0.29) is 0 Å². The highest BCUT2D eigenvalue weighted by Crippen LogP contribution is 2.07. The van der Waals surface area contributed by atoms with Gasteiger partial charge in [0.1, 0.15) is 0 Å². The lowest BCUT2D eigenvalue weighted by molar-refractivity contribution is 0.302. The third-order valence-electron chi connectivity index (χ3n) is 2.14. The molecule has 3 heteroatoms. The summed E-state index contributed by atoms with van der Waals surface area (Å²) in [5.41, 5.74) is 1.22. The molecule has 13 heavy (non-hydrogen) atoms. The van der Waals surface area contributed by atoms with E-state index >= 15 is 0 Å². The molecule has 1 aliphatic heterocycles. The van der Waals surface area contributed by atoms with Gasteiger partial charge in [0.2, 0.25) is 0 Å². The molecule has 0 aromatic rings. The quantitative estimate of drug-likeness (QED) is 0.530. The van der Waals surface area contributed by atoms with Crippen LogP contribution >= 0.6 is 11.8 Å². The minimum Gasteiger partial charge on any atom is -0.312 e. The van der Waals surface area contributed by atoms with Crippen molar-refractivity contribution in [2.45, 2.75) is 6.92 Å². The second-order valence-corrected chi connectivity index (χ2v) is 4.81. The van der Waals surface area contributed by atoms with E-state index < -0.39 is 0 Å². The summed E-state index contributed by atoms with van der Waals surface area (Å²) in [5, 5.41) is 3.38. The molecule has 0 aromatic heterocycles. The van der Waals surface area contributed by atoms with E-state index in [1.165, 1.54) is 36.7 Å². The average molecular weight is 200 g/mol. The Labute approximate surface area is 85.8 Å². The van der Waals surface area contributed by atoms with Crippen LogP contribution in [0.2, 0.25) is 0 Å². The molecule has 1 heterocycles. The number of rotatable bonds is 5. The van der Waals surface area contributed by atoms with Gasteiger partial charge in [-0.3, -0.25) is 0 Å². The molecule has 1 aliphatic rings. The minimum atomic E-state index is 0.961. The molecule has 76 valence electrons. The van der Waals surface area contributed by atoms with Crippen LogP contribution in [-0.2, 0) is 0 Å². The predicted octanol–water partition coefficient (Wildman–Crippen LogP) is 1.20. The molecule has 2 nitrogen and oxygen atoms in total. The first kappa shape index (κ1) is 11.1. The van der Waals surface area contributed by atoms with E-state index in [0.29, 0.717) is 0 Å². The van der Waals surface area contributed by atoms with Crippen LogP contribution in [0.25, 0.3) is 0 Å². The van der Waals surface area contributed by atoms with Crippen molar-refractivity contribution >= 4 is 11.8 Å². The van der Waals surface area contributed by atoms with Gasteiger partial charge in [-0.05, 0) is 6.92 Å². The van der Waals surface area contributed by atoms with Gasteiger partial charge >= 0.3 is 0 Å². The maximum atomic E-state index is 3.86. The van der Waals surface area contributed by atoms with E-state index in [4.69, 9.17) is 0 Å². The third kappa shape index (κ3) is 5.34. The van der Waals surface area contributed by atoms with Crippen LogP contribution in [0.1, 0.15) is 6.92 Å². The van der Waals surface area contributed by atoms with Gasteiger partial charge in [0, 0.05) is 44.2 Å². The maximum absolute atomic E-state index is 3.86. The van der Waals surface area contributed by atoms with Gasteiger partial charge in [0.15, 0.2) is 0 Å². The average Bonchev–Trinajstić information content (AvgIpc) is 2.14. The number of nitrogens with zero attached hydrogens (tertiary/aromatic N) is 1. The van der Waals surface area contributed by atoms with Crippen LogP contribution in [0.3, 0.4) is 0 Å². The van der Waals surface area contributed by atoms with Gasteiger partial charge in [-0.15, -0.1) is 0 Å². The van der Waals surface area contributed by atoms with Crippen molar-refractivity contribution in [2.24, 2.45) is 0 Å². The highest BCUT2D eigenvalue weighted by Gasteiger charge is 2.08. The Kier molecular flexibility index (Phi) is 5.51. The van der Waals surface area contributed by atoms with E-state index in [9.17, 15) is 0 Å². The molecule has 1 rings (SSSR count). The number of hydrogen-bond donors (Lipinski definition) is 1. The first-order valence-corrected chi connectivity index (χ1v) is 6.09. The Morgan fingerprint density at radius 2 is 2.15 bits per heavy atom. The monoisotopic (exact) mass is 200 g/mol. The predicted molar refractivity (Wildman–Crippen MR) is 61.4 cm³/mol. The maximum Gasteiger partial charge on any atom is 0.0159 e. The first-order valence-electron chi connectivity index (χ1n) is 4.94. The zero-order valence-electron chi connectivity index (χ0n) is 8.51. The second-order valence-electron chi connectivity index (χ2n) is 3.59. The molecule has 1 N–H and O–H groups in total. The normalized spacial score (nSPS) is 18.8. The van der Waals surface area contributed by atoms with E-state index in [1.807, 2.05) is 0 Å². The largest absolute Gasteiger partial charge is 0.312 e. The van der Waals surface area contributed by atoms with Crippen LogP contribution < -0.4 is 5.32 Å². The standard InChI is InChI=1S/C10H20N2S/c1-10(2)9-11-3-4-12-5-7-13-8-6-12/h11H,1,3-9H2,2H3. The summed E-state index contributed by atoms with van der Waals surface area (Å²) in [4.78, 5) is 2.53. The fraction of sp³-hybridized carbons (Fsp3) is 0.800. The zero-order valence-corrected chi connectivity index (χ0v) is 9.33. The topological polar surface area (TPSA) is 15.3 Å². The summed E-state index contributed by atoms with van der Waals surface area (Å²) in [6.45, 7) is 11.7. The number of nitrogens with one attached hydrogen (secondary N) is 1. The summed E-state index contributed by atoms with van der Waals surface area (Å²) in [5.74, 6) is 2.61. The Balaban J connectivity index is 1.95. The molecule has 1 saturated heterocycles. The van der Waals surface area contributed by atoms with Gasteiger partial charge in [0.25, 0.3) is 0 Å². The Hall–Kier alpha value is 0.0100. The summed E-state index contributed by atoms with van der Waals surface area (Å²) in [7, 11) is 0. The molecular formula is C10H20N2S. The number of thioether (sulfide) groups is 1. The van der Waals surface area contributed by atoms with Crippen LogP contribution in [-0.4, -0.2) is 49.1 Å². The molecule has 0 bridgehead atoms. The fourth-order valence-corrected chi connectivity index (χ4v) is 2.34. The Morgan fingerprint density at radius 1 is 1.46 bits per heavy atom. The van der Waals surface area contributed by atoms with Crippen molar-refractivity contribution in [2.75, 3.05) is 44.2 Å². The van der Waals surface area contributed by atoms with Gasteiger partial charge < -0.3 is 10.2 Å². The van der Waals surface area contributed by atoms with Crippen LogP contribution in [0, 0.1) is 0 Å². The minimum absolute atomic E-state index is 0.961. The smallest absolute Gasteiger partial charge is 0.0159 e. The SMILES string of the molecule is C=C(C)CNCCN1CCSCC1. The van der Waals surface area contributed by atoms with Gasteiger partial charge in [-0.2, -0.15) is 11.8 Å². The lowest BCUT2D eigenvalue weighted by atomic mass is 10.3. The van der Waals surface area contributed by atoms with Gasteiger partial charge in [-0.25, -0.2) is 0 Å². The third-order valence-corrected chi connectivity index (χ3v) is 3.08. The van der Waals surface area contributed by atoms with Crippen LogP contribution in [0.4, 0.5) is 0 Å². The zero-order chi connectivity index (χ0) is 9.52. The molecule has 0 aliphatic carbocycles. The Morgan fingerprint density at radius 3 is 2.77 bits per heavy atom. The van der Waals surface area contributed by atoms with Gasteiger partial charge in [0.05, 0.1) is 0 Å². The Bertz CT molecular complexity index is 153.